The quantitative estimate of drug-likeness (QED) is 0.234. The van der Waals surface area contributed by atoms with Gasteiger partial charge in [0.15, 0.2) is 6.29 Å². The van der Waals surface area contributed by atoms with Gasteiger partial charge in [-0.25, -0.2) is 14.0 Å². The van der Waals surface area contributed by atoms with Crippen LogP contribution in [-0.2, 0) is 14.2 Å². The number of esters is 1. The number of halogens is 1. The molecule has 4 heterocycles. The molecule has 10 heteroatoms. The van der Waals surface area contributed by atoms with E-state index >= 15 is 0 Å². The molecule has 0 bridgehead atoms. The van der Waals surface area contributed by atoms with Crippen molar-refractivity contribution in [3.63, 3.8) is 0 Å². The molecule has 0 radical (unpaired) electrons. The van der Waals surface area contributed by atoms with Gasteiger partial charge in [0, 0.05) is 40.9 Å². The van der Waals surface area contributed by atoms with Crippen LogP contribution < -0.4 is 10.4 Å². The zero-order valence-corrected chi connectivity index (χ0v) is 27.5. The maximum absolute atomic E-state index is 14.2. The maximum atomic E-state index is 14.2. The van der Waals surface area contributed by atoms with Gasteiger partial charge in [0.25, 0.3) is 0 Å². The van der Waals surface area contributed by atoms with Gasteiger partial charge in [-0.05, 0) is 67.9 Å². The molecule has 2 aliphatic carbocycles. The predicted octanol–water partition coefficient (Wildman–Crippen LogP) is 6.81. The van der Waals surface area contributed by atoms with E-state index in [9.17, 15) is 19.1 Å². The van der Waals surface area contributed by atoms with Crippen molar-refractivity contribution >= 4 is 5.97 Å². The SMILES string of the molecule is CC12COC(c3ccccc3)O[C@H]1CC[C@@]1(C)C2C[C@H](OC(=O)c2cccc(F)c2)[C@@]2(C)Oc3cc(-c4cccnc4)oc(=O)c3[C@H](O)C12. The van der Waals surface area contributed by atoms with Crippen LogP contribution >= 0.6 is 0 Å². The first-order chi connectivity index (χ1) is 23.5. The molecular weight excluding hydrogens is 629 g/mol. The van der Waals surface area contributed by atoms with Crippen molar-refractivity contribution in [3.8, 4) is 17.1 Å². The summed E-state index contributed by atoms with van der Waals surface area (Å²) in [6, 6.07) is 20.2. The van der Waals surface area contributed by atoms with Crippen molar-refractivity contribution in [2.24, 2.45) is 22.7 Å². The molecule has 0 spiro atoms. The second-order valence-electron chi connectivity index (χ2n) is 14.5. The van der Waals surface area contributed by atoms with Gasteiger partial charge in [0.1, 0.15) is 34.6 Å². The van der Waals surface area contributed by atoms with Gasteiger partial charge < -0.3 is 28.5 Å². The van der Waals surface area contributed by atoms with Gasteiger partial charge >= 0.3 is 11.6 Å². The normalized spacial score (nSPS) is 34.7. The summed E-state index contributed by atoms with van der Waals surface area (Å²) in [4.78, 5) is 31.5. The van der Waals surface area contributed by atoms with Crippen LogP contribution in [0, 0.1) is 28.5 Å². The number of hydrogen-bond acceptors (Lipinski definition) is 9. The molecule has 2 saturated carbocycles. The minimum Gasteiger partial charge on any atom is -0.482 e. The smallest absolute Gasteiger partial charge is 0.345 e. The molecule has 2 aromatic heterocycles. The number of aliphatic hydroxyl groups excluding tert-OH is 1. The van der Waals surface area contributed by atoms with Crippen molar-refractivity contribution in [2.75, 3.05) is 6.61 Å². The molecule has 0 amide bonds. The minimum atomic E-state index is -1.31. The molecule has 254 valence electrons. The van der Waals surface area contributed by atoms with E-state index in [0.29, 0.717) is 31.4 Å². The Morgan fingerprint density at radius 2 is 1.84 bits per heavy atom. The van der Waals surface area contributed by atoms with Crippen molar-refractivity contribution in [1.29, 1.82) is 0 Å². The van der Waals surface area contributed by atoms with Gasteiger partial charge in [-0.3, -0.25) is 4.98 Å². The van der Waals surface area contributed by atoms with Crippen LogP contribution in [0.4, 0.5) is 4.39 Å². The third-order valence-electron chi connectivity index (χ3n) is 11.7. The molecule has 4 aromatic rings. The first-order valence-electron chi connectivity index (χ1n) is 16.8. The van der Waals surface area contributed by atoms with E-state index < -0.39 is 58.3 Å². The van der Waals surface area contributed by atoms with Gasteiger partial charge in [-0.1, -0.05) is 50.2 Å². The second kappa shape index (κ2) is 11.6. The number of aliphatic hydroxyl groups is 1. The lowest BCUT2D eigenvalue weighted by Crippen LogP contribution is -2.71. The van der Waals surface area contributed by atoms with E-state index in [4.69, 9.17) is 23.4 Å². The fourth-order valence-electron chi connectivity index (χ4n) is 9.45. The molecule has 9 atom stereocenters. The number of benzene rings is 2. The second-order valence-corrected chi connectivity index (χ2v) is 14.5. The molecule has 49 heavy (non-hydrogen) atoms. The summed E-state index contributed by atoms with van der Waals surface area (Å²) in [5.41, 5.74) is -1.56. The zero-order chi connectivity index (χ0) is 34.1. The summed E-state index contributed by atoms with van der Waals surface area (Å²) in [5, 5.41) is 12.3. The lowest BCUT2D eigenvalue weighted by Gasteiger charge is -2.67. The number of fused-ring (bicyclic) bond motifs is 6. The van der Waals surface area contributed by atoms with E-state index in [1.54, 1.807) is 30.6 Å². The highest BCUT2D eigenvalue weighted by atomic mass is 19.1. The Kier molecular flexibility index (Phi) is 7.55. The van der Waals surface area contributed by atoms with Crippen LogP contribution in [0.15, 0.2) is 94.4 Å². The lowest BCUT2D eigenvalue weighted by atomic mass is 9.42. The van der Waals surface area contributed by atoms with Crippen LogP contribution in [0.25, 0.3) is 11.3 Å². The van der Waals surface area contributed by atoms with Gasteiger partial charge in [0.2, 0.25) is 0 Å². The number of carbonyl (C=O) groups excluding carboxylic acids is 1. The molecule has 2 aromatic carbocycles. The summed E-state index contributed by atoms with van der Waals surface area (Å²) < 4.78 is 46.1. The molecule has 4 unspecified atom stereocenters. The van der Waals surface area contributed by atoms with E-state index in [-0.39, 0.29) is 34.7 Å². The number of hydrogen-bond donors (Lipinski definition) is 1. The Morgan fingerprint density at radius 1 is 1.02 bits per heavy atom. The van der Waals surface area contributed by atoms with E-state index in [2.05, 4.69) is 18.8 Å². The average Bonchev–Trinajstić information content (AvgIpc) is 3.09. The van der Waals surface area contributed by atoms with Crippen LogP contribution in [0.3, 0.4) is 0 Å². The number of carbonyl (C=O) groups is 1. The third kappa shape index (κ3) is 5.03. The number of aromatic nitrogens is 1. The molecule has 1 N–H and O–H groups in total. The van der Waals surface area contributed by atoms with E-state index in [1.807, 2.05) is 37.3 Å². The topological polar surface area (TPSA) is 117 Å². The summed E-state index contributed by atoms with van der Waals surface area (Å²) in [6.07, 6.45) is 1.97. The Morgan fingerprint density at radius 3 is 2.59 bits per heavy atom. The number of ether oxygens (including phenoxy) is 4. The third-order valence-corrected chi connectivity index (χ3v) is 11.7. The highest BCUT2D eigenvalue weighted by Crippen LogP contribution is 2.68. The Hall–Kier alpha value is -4.38. The van der Waals surface area contributed by atoms with Crippen molar-refractivity contribution < 1.29 is 37.7 Å². The zero-order valence-electron chi connectivity index (χ0n) is 27.5. The first-order valence-corrected chi connectivity index (χ1v) is 16.8. The summed E-state index contributed by atoms with van der Waals surface area (Å²) in [6.45, 7) is 6.46. The van der Waals surface area contributed by atoms with Crippen molar-refractivity contribution in [3.05, 3.63) is 118 Å². The van der Waals surface area contributed by atoms with E-state index in [0.717, 1.165) is 11.6 Å². The molecule has 2 aliphatic heterocycles. The van der Waals surface area contributed by atoms with Crippen LogP contribution in [0.5, 0.6) is 5.75 Å². The summed E-state index contributed by atoms with van der Waals surface area (Å²) in [5.74, 6) is -1.77. The molecular formula is C39H38FNO8. The maximum Gasteiger partial charge on any atom is 0.345 e. The Labute approximate surface area is 283 Å². The highest BCUT2D eigenvalue weighted by Gasteiger charge is 2.71. The molecule has 4 aliphatic rings. The molecule has 1 saturated heterocycles. The Balaban J connectivity index is 1.22. The Bertz CT molecular complexity index is 1950. The fourth-order valence-corrected chi connectivity index (χ4v) is 9.45. The summed E-state index contributed by atoms with van der Waals surface area (Å²) in [7, 11) is 0. The van der Waals surface area contributed by atoms with Crippen molar-refractivity contribution in [1.82, 2.24) is 4.98 Å². The highest BCUT2D eigenvalue weighted by molar-refractivity contribution is 5.89. The van der Waals surface area contributed by atoms with Gasteiger partial charge in [-0.15, -0.1) is 0 Å². The largest absolute Gasteiger partial charge is 0.482 e. The van der Waals surface area contributed by atoms with E-state index in [1.165, 1.54) is 18.2 Å². The van der Waals surface area contributed by atoms with Crippen LogP contribution in [0.1, 0.15) is 73.9 Å². The monoisotopic (exact) mass is 667 g/mol. The van der Waals surface area contributed by atoms with Crippen molar-refractivity contribution in [2.45, 2.75) is 70.2 Å². The molecule has 8 rings (SSSR count). The summed E-state index contributed by atoms with van der Waals surface area (Å²) >= 11 is 0. The average molecular weight is 668 g/mol. The fraction of sp³-hybridized carbons (Fsp3) is 0.410. The number of nitrogens with zero attached hydrogens (tertiary/aromatic N) is 1. The van der Waals surface area contributed by atoms with Gasteiger partial charge in [-0.2, -0.15) is 0 Å². The minimum absolute atomic E-state index is 0.0276. The lowest BCUT2D eigenvalue weighted by molar-refractivity contribution is -0.330. The standard InChI is InChI=1S/C39H38FNO8/c1-37-15-14-29-38(2,21-45-36(48-29)22-9-5-4-6-10-22)28(37)19-30(47-34(43)23-11-7-13-25(40)17-23)39(3)33(37)32(42)31-27(49-39)18-26(46-35(31)44)24-12-8-16-41-20-24/h4-13,16-18,20,28-30,32-33,36,42H,14-15,19,21H2,1-3H3/t28?,29-,30-,32-,33?,36?,37-,38?,39+/m0/s1. The number of rotatable bonds is 4. The number of pyridine rings is 1. The first kappa shape index (κ1) is 31.9. The van der Waals surface area contributed by atoms with Crippen LogP contribution in [-0.4, -0.2) is 40.5 Å². The van der Waals surface area contributed by atoms with Gasteiger partial charge in [0.05, 0.1) is 24.4 Å². The molecule has 9 nitrogen and oxygen atoms in total. The van der Waals surface area contributed by atoms with Crippen LogP contribution in [0.2, 0.25) is 0 Å². The predicted molar refractivity (Wildman–Crippen MR) is 175 cm³/mol. The molecule has 3 fully saturated rings.